The van der Waals surface area contributed by atoms with Crippen molar-refractivity contribution in [3.63, 3.8) is 0 Å². The third-order valence-corrected chi connectivity index (χ3v) is 12.0. The fourth-order valence-corrected chi connectivity index (χ4v) is 9.13. The zero-order valence-corrected chi connectivity index (χ0v) is 33.7. The lowest BCUT2D eigenvalue weighted by Crippen LogP contribution is -2.34. The van der Waals surface area contributed by atoms with E-state index in [-0.39, 0.29) is 29.0 Å². The van der Waals surface area contributed by atoms with Crippen LogP contribution in [0, 0.1) is 34.3 Å². The van der Waals surface area contributed by atoms with Crippen molar-refractivity contribution in [3.8, 4) is 23.6 Å². The number of aromatic amines is 2. The Balaban J connectivity index is 0.000000167. The molecule has 11 nitrogen and oxygen atoms in total. The van der Waals surface area contributed by atoms with Gasteiger partial charge in [0, 0.05) is 51.7 Å². The van der Waals surface area contributed by atoms with Gasteiger partial charge in [0.1, 0.15) is 17.0 Å². The van der Waals surface area contributed by atoms with Gasteiger partial charge in [0.15, 0.2) is 28.6 Å². The average molecular weight is 811 g/mol. The van der Waals surface area contributed by atoms with Crippen molar-refractivity contribution in [2.24, 2.45) is 0 Å². The van der Waals surface area contributed by atoms with Gasteiger partial charge < -0.3 is 33.6 Å². The number of rotatable bonds is 7. The van der Waals surface area contributed by atoms with E-state index >= 15 is 0 Å². The van der Waals surface area contributed by atoms with Crippen LogP contribution in [0.1, 0.15) is 91.7 Å². The van der Waals surface area contributed by atoms with Crippen molar-refractivity contribution in [2.45, 2.75) is 76.3 Å². The summed E-state index contributed by atoms with van der Waals surface area (Å²) in [7, 11) is 4.17. The molecule has 2 N–H and O–H groups in total. The second-order valence-electron chi connectivity index (χ2n) is 15.4. The topological polar surface area (TPSA) is 149 Å². The summed E-state index contributed by atoms with van der Waals surface area (Å²) in [4.78, 5) is 35.0. The molecule has 0 amide bonds. The summed E-state index contributed by atoms with van der Waals surface area (Å²) in [6.45, 7) is 0. The van der Waals surface area contributed by atoms with Crippen molar-refractivity contribution in [2.75, 3.05) is 26.2 Å². The number of hydrogen-bond donors (Lipinski definition) is 2. The molecule has 3 heterocycles. The lowest BCUT2D eigenvalue weighted by Gasteiger charge is -2.36. The maximum atomic E-state index is 14.6. The molecule has 2 aliphatic carbocycles. The third-order valence-electron chi connectivity index (χ3n) is 12.0. The first-order valence-corrected chi connectivity index (χ1v) is 20.2. The van der Waals surface area contributed by atoms with Crippen molar-refractivity contribution >= 4 is 61.2 Å². The maximum absolute atomic E-state index is 14.6. The molecular weight excluding hydrogens is 767 g/mol. The number of carbonyl (C=O) groups is 1. The van der Waals surface area contributed by atoms with Crippen molar-refractivity contribution in [3.05, 3.63) is 105 Å². The van der Waals surface area contributed by atoms with Gasteiger partial charge in [-0.1, -0.05) is 50.7 Å². The van der Waals surface area contributed by atoms with Gasteiger partial charge in [-0.2, -0.15) is 10.5 Å². The Morgan fingerprint density at radius 1 is 0.733 bits per heavy atom. The number of anilines is 2. The zero-order valence-electron chi connectivity index (χ0n) is 33.7. The van der Waals surface area contributed by atoms with E-state index in [9.17, 15) is 28.9 Å². The molecule has 3 aromatic heterocycles. The number of halogens is 2. The van der Waals surface area contributed by atoms with Crippen LogP contribution in [0.15, 0.2) is 71.5 Å². The summed E-state index contributed by atoms with van der Waals surface area (Å²) in [6.07, 6.45) is 10.5. The highest BCUT2D eigenvalue weighted by molar-refractivity contribution is 6.11. The van der Waals surface area contributed by atoms with E-state index in [1.807, 2.05) is 11.0 Å². The van der Waals surface area contributed by atoms with E-state index < -0.39 is 17.6 Å². The number of nitrogens with one attached hydrogen (secondary N) is 2. The fourth-order valence-electron chi connectivity index (χ4n) is 9.13. The maximum Gasteiger partial charge on any atom is 0.342 e. The van der Waals surface area contributed by atoms with Crippen LogP contribution in [0.3, 0.4) is 0 Å². The number of esters is 1. The summed E-state index contributed by atoms with van der Waals surface area (Å²) >= 11 is 0. The molecule has 0 atom stereocenters. The number of benzene rings is 4. The quantitative estimate of drug-likeness (QED) is 0.151. The summed E-state index contributed by atoms with van der Waals surface area (Å²) in [6, 6.07) is 22.7. The van der Waals surface area contributed by atoms with Gasteiger partial charge in [-0.15, -0.1) is 0 Å². The molecule has 13 heteroatoms. The van der Waals surface area contributed by atoms with Crippen molar-refractivity contribution in [1.29, 1.82) is 10.5 Å². The van der Waals surface area contributed by atoms with Crippen LogP contribution in [-0.4, -0.2) is 47.9 Å². The molecule has 0 unspecified atom stereocenters. The van der Waals surface area contributed by atoms with Crippen LogP contribution < -0.4 is 19.8 Å². The van der Waals surface area contributed by atoms with Crippen molar-refractivity contribution < 1.29 is 27.8 Å². The first-order chi connectivity index (χ1) is 29.2. The Hall–Kier alpha value is -6.86. The number of carbonyl (C=O) groups excluding carboxylic acids is 1. The van der Waals surface area contributed by atoms with Crippen LogP contribution in [0.4, 0.5) is 20.3 Å². The highest BCUT2D eigenvalue weighted by atomic mass is 19.1. The Labute approximate surface area is 344 Å². The number of hydrogen-bond acceptors (Lipinski definition) is 8. The van der Waals surface area contributed by atoms with Gasteiger partial charge in [-0.05, 0) is 68.1 Å². The third kappa shape index (κ3) is 7.15. The molecule has 0 saturated heterocycles. The monoisotopic (exact) mass is 810 g/mol. The van der Waals surface area contributed by atoms with Gasteiger partial charge in [0.25, 0.3) is 0 Å². The predicted molar refractivity (Wildman–Crippen MR) is 227 cm³/mol. The fraction of sp³-hybridized carbons (Fsp3) is 0.319. The highest BCUT2D eigenvalue weighted by Crippen LogP contribution is 2.41. The molecular formula is C47H44F2N6O5. The van der Waals surface area contributed by atoms with Crippen LogP contribution in [0.25, 0.3) is 43.7 Å². The van der Waals surface area contributed by atoms with Gasteiger partial charge in [0.05, 0.1) is 60.9 Å². The Morgan fingerprint density at radius 3 is 1.97 bits per heavy atom. The van der Waals surface area contributed by atoms with E-state index in [4.69, 9.17) is 14.2 Å². The molecule has 0 bridgehead atoms. The van der Waals surface area contributed by atoms with Crippen LogP contribution in [0.5, 0.6) is 11.5 Å². The minimum Gasteiger partial charge on any atom is -0.494 e. The lowest BCUT2D eigenvalue weighted by molar-refractivity contribution is 0.0603. The Kier molecular flexibility index (Phi) is 11.2. The van der Waals surface area contributed by atoms with Gasteiger partial charge >= 0.3 is 5.97 Å². The number of fused-ring (bicyclic) bond motifs is 5. The zero-order chi connectivity index (χ0) is 42.1. The number of methoxy groups -OCH3 is 3. The van der Waals surface area contributed by atoms with Crippen LogP contribution in [-0.2, 0) is 4.74 Å². The highest BCUT2D eigenvalue weighted by Gasteiger charge is 2.31. The molecule has 4 aromatic carbocycles. The van der Waals surface area contributed by atoms with E-state index in [0.717, 1.165) is 68.7 Å². The first-order valence-electron chi connectivity index (χ1n) is 20.2. The Bertz CT molecular complexity index is 2930. The summed E-state index contributed by atoms with van der Waals surface area (Å²) in [5.74, 6) is -0.657. The smallest absolute Gasteiger partial charge is 0.342 e. The van der Waals surface area contributed by atoms with Crippen molar-refractivity contribution in [1.82, 2.24) is 14.5 Å². The van der Waals surface area contributed by atoms with Gasteiger partial charge in [-0.3, -0.25) is 4.79 Å². The second kappa shape index (κ2) is 16.8. The number of pyridine rings is 1. The molecule has 2 fully saturated rings. The van der Waals surface area contributed by atoms with Crippen LogP contribution >= 0.6 is 0 Å². The minimum atomic E-state index is -0.485. The summed E-state index contributed by atoms with van der Waals surface area (Å²) in [5, 5.41) is 21.0. The summed E-state index contributed by atoms with van der Waals surface area (Å²) < 4.78 is 46.6. The lowest BCUT2D eigenvalue weighted by atomic mass is 9.93. The minimum absolute atomic E-state index is 0.0655. The molecule has 2 saturated carbocycles. The number of nitrogens with zero attached hydrogens (tertiary/aromatic N) is 4. The van der Waals surface area contributed by atoms with Gasteiger partial charge in [0.2, 0.25) is 0 Å². The SMILES string of the molecule is COC(=O)c1c(N(c2ccc(OC)c(F)c2)C2CCCCC2)[nH]c2cc(C#N)ccc12.COc1cc2c(=O)c3c4ccc(C#N)cc4[nH]c3n(C3CCCCC3)c2cc1F. The van der Waals surface area contributed by atoms with E-state index in [2.05, 4.69) is 26.7 Å². The van der Waals surface area contributed by atoms with E-state index in [0.29, 0.717) is 61.0 Å². The van der Waals surface area contributed by atoms with Gasteiger partial charge in [-0.25, -0.2) is 13.6 Å². The van der Waals surface area contributed by atoms with E-state index in [1.54, 1.807) is 42.5 Å². The second-order valence-corrected chi connectivity index (χ2v) is 15.4. The molecule has 9 rings (SSSR count). The molecule has 306 valence electrons. The molecule has 0 spiro atoms. The van der Waals surface area contributed by atoms with E-state index in [1.165, 1.54) is 45.9 Å². The molecule has 2 aliphatic rings. The number of H-pyrrole nitrogens is 2. The molecule has 7 aromatic rings. The standard InChI is InChI=1S/C24H24FN3O3.C23H20FN3O2/c1-30-21-11-9-17(13-19(21)25)28(16-6-4-3-5-7-16)23-22(24(29)31-2)18-10-8-15(14-26)12-20(18)27-23;1-29-20-10-16-19(11-17(20)24)27(14-5-3-2-4-6-14)23-21(22(16)28)15-8-7-13(12-25)9-18(15)26-23/h8-13,16,27H,3-7H2,1-2H3;7-11,14,26H,2-6H2,1H3. The number of nitriles is 2. The predicted octanol–water partition coefficient (Wildman–Crippen LogP) is 10.6. The summed E-state index contributed by atoms with van der Waals surface area (Å²) in [5.41, 5.74) is 4.54. The van der Waals surface area contributed by atoms with Crippen LogP contribution in [0.2, 0.25) is 0 Å². The normalized spacial score (nSPS) is 14.7. The molecule has 0 aliphatic heterocycles. The molecule has 0 radical (unpaired) electrons. The average Bonchev–Trinajstić information content (AvgIpc) is 3.85. The Morgan fingerprint density at radius 2 is 1.35 bits per heavy atom. The largest absolute Gasteiger partial charge is 0.494 e. The number of aromatic nitrogens is 3. The molecule has 60 heavy (non-hydrogen) atoms. The number of ether oxygens (including phenoxy) is 3. The first kappa shape index (κ1) is 39.9.